The van der Waals surface area contributed by atoms with Gasteiger partial charge in [0.1, 0.15) is 0 Å². The Bertz CT molecular complexity index is 937. The van der Waals surface area contributed by atoms with E-state index >= 15 is 0 Å². The summed E-state index contributed by atoms with van der Waals surface area (Å²) in [5.41, 5.74) is -1.72. The zero-order valence-electron chi connectivity index (χ0n) is 25.0. The van der Waals surface area contributed by atoms with E-state index in [4.69, 9.17) is 25.8 Å². The van der Waals surface area contributed by atoms with Crippen molar-refractivity contribution in [1.29, 1.82) is 0 Å². The molecule has 2 saturated heterocycles. The first kappa shape index (κ1) is 6.82. The lowest BCUT2D eigenvalue weighted by atomic mass is 9.84. The minimum atomic E-state index is -3.78. The standard InChI is InChI=1S/C17H27BN2O2/c1-13-7-10-20(11-8-13)14-6-9-19-15(12-14)18-21-16(2,3)17(4,5)22-18/h6,9,12-13H,7-8,10-11H2,1-5H3/i1D3,7D2,8D2,10D2,11D2,13D. The van der Waals surface area contributed by atoms with Gasteiger partial charge in [-0.1, -0.05) is 6.85 Å². The molecule has 0 N–H and O–H groups in total. The third-order valence-corrected chi connectivity index (χ3v) is 4.10. The monoisotopic (exact) mass is 314 g/mol. The van der Waals surface area contributed by atoms with E-state index in [0.717, 1.165) is 6.07 Å². The Kier molecular flexibility index (Phi) is 1.72. The van der Waals surface area contributed by atoms with Crippen LogP contribution in [0.3, 0.4) is 0 Å². The first-order valence-electron chi connectivity index (χ1n) is 13.0. The van der Waals surface area contributed by atoms with Gasteiger partial charge in [0, 0.05) is 41.3 Å². The van der Waals surface area contributed by atoms with E-state index in [9.17, 15) is 0 Å². The molecule has 3 heterocycles. The van der Waals surface area contributed by atoms with Gasteiger partial charge in [0.2, 0.25) is 0 Å². The zero-order valence-corrected chi connectivity index (χ0v) is 13.0. The number of piperidine rings is 1. The Morgan fingerprint density at radius 3 is 2.55 bits per heavy atom. The lowest BCUT2D eigenvalue weighted by Crippen LogP contribution is -2.41. The summed E-state index contributed by atoms with van der Waals surface area (Å²) in [7, 11) is -1.03. The molecular weight excluding hydrogens is 275 g/mol. The van der Waals surface area contributed by atoms with Crippen molar-refractivity contribution >= 4 is 18.4 Å². The first-order chi connectivity index (χ1) is 14.9. The molecular formula is C17H27BN2O2. The van der Waals surface area contributed by atoms with Crippen molar-refractivity contribution in [2.45, 2.75) is 58.5 Å². The van der Waals surface area contributed by atoms with Gasteiger partial charge < -0.3 is 14.2 Å². The molecule has 3 rings (SSSR count). The van der Waals surface area contributed by atoms with E-state index in [1.807, 2.05) is 0 Å². The molecule has 1 aromatic heterocycles. The third-order valence-electron chi connectivity index (χ3n) is 4.10. The Labute approximate surface area is 151 Å². The van der Waals surface area contributed by atoms with Crippen molar-refractivity contribution in [1.82, 2.24) is 4.98 Å². The van der Waals surface area contributed by atoms with E-state index in [1.165, 1.54) is 12.3 Å². The fourth-order valence-corrected chi connectivity index (χ4v) is 2.08. The van der Waals surface area contributed by atoms with Crippen LogP contribution in [0.4, 0.5) is 5.69 Å². The summed E-state index contributed by atoms with van der Waals surface area (Å²) in [6.07, 6.45) is -6.19. The molecule has 2 aliphatic heterocycles. The quantitative estimate of drug-likeness (QED) is 0.786. The summed E-state index contributed by atoms with van der Waals surface area (Å²) in [6, 6.07) is 2.32. The highest BCUT2D eigenvalue weighted by Gasteiger charge is 2.52. The minimum absolute atomic E-state index is 0.0994. The van der Waals surface area contributed by atoms with Crippen molar-refractivity contribution in [2.75, 3.05) is 17.9 Å². The summed E-state index contributed by atoms with van der Waals surface area (Å²) in [5, 5.41) is 0. The maximum absolute atomic E-state index is 8.46. The van der Waals surface area contributed by atoms with Crippen LogP contribution in [0, 0.1) is 5.89 Å². The maximum Gasteiger partial charge on any atom is 0.514 e. The molecule has 0 radical (unpaired) electrons. The smallest absolute Gasteiger partial charge is 0.398 e. The Hall–Kier alpha value is -1.07. The molecule has 0 bridgehead atoms. The average Bonchev–Trinajstić information content (AvgIpc) is 2.86. The van der Waals surface area contributed by atoms with E-state index in [0.29, 0.717) is 0 Å². The SMILES string of the molecule is [2H]C([2H])([2H])C1([2H])C([2H])([2H])C([2H])([2H])N(c2ccnc(B3OC(C)(C)C(C)(C)O3)c2)C([2H])([2H])C1([2H])[2H]. The summed E-state index contributed by atoms with van der Waals surface area (Å²) < 4.78 is 110. The van der Waals surface area contributed by atoms with Crippen LogP contribution in [-0.2, 0) is 9.31 Å². The van der Waals surface area contributed by atoms with Gasteiger partial charge in [-0.25, -0.2) is 0 Å². The second-order valence-corrected chi connectivity index (χ2v) is 6.21. The number of hydrogen-bond acceptors (Lipinski definition) is 4. The Morgan fingerprint density at radius 2 is 1.95 bits per heavy atom. The summed E-state index contributed by atoms with van der Waals surface area (Å²) in [5.74, 6) is -3.78. The fraction of sp³-hybridized carbons (Fsp3) is 0.706. The fourth-order valence-electron chi connectivity index (χ4n) is 2.08. The van der Waals surface area contributed by atoms with Crippen LogP contribution in [0.25, 0.3) is 0 Å². The van der Waals surface area contributed by atoms with Gasteiger partial charge in [-0.2, -0.15) is 0 Å². The average molecular weight is 314 g/mol. The molecule has 4 nitrogen and oxygen atoms in total. The van der Waals surface area contributed by atoms with E-state index < -0.39 is 56.8 Å². The molecule has 2 fully saturated rings. The molecule has 22 heavy (non-hydrogen) atoms. The Morgan fingerprint density at radius 1 is 1.32 bits per heavy atom. The van der Waals surface area contributed by atoms with Crippen molar-refractivity contribution in [3.63, 3.8) is 0 Å². The highest BCUT2D eigenvalue weighted by Crippen LogP contribution is 2.36. The number of pyridine rings is 1. The lowest BCUT2D eigenvalue weighted by molar-refractivity contribution is 0.00578. The van der Waals surface area contributed by atoms with E-state index in [-0.39, 0.29) is 16.2 Å². The van der Waals surface area contributed by atoms with Crippen molar-refractivity contribution < 1.29 is 25.8 Å². The van der Waals surface area contributed by atoms with Crippen LogP contribution < -0.4 is 10.5 Å². The molecule has 0 amide bonds. The number of nitrogens with zero attached hydrogens (tertiary/aromatic N) is 2. The van der Waals surface area contributed by atoms with Gasteiger partial charge in [-0.3, -0.25) is 4.98 Å². The molecule has 120 valence electrons. The third kappa shape index (κ3) is 2.89. The van der Waals surface area contributed by atoms with Crippen LogP contribution >= 0.6 is 0 Å². The van der Waals surface area contributed by atoms with Crippen LogP contribution in [0.5, 0.6) is 0 Å². The van der Waals surface area contributed by atoms with Crippen molar-refractivity contribution in [2.24, 2.45) is 5.89 Å². The van der Waals surface area contributed by atoms with E-state index in [1.54, 1.807) is 27.7 Å². The number of anilines is 1. The number of aromatic nitrogens is 1. The van der Waals surface area contributed by atoms with Gasteiger partial charge >= 0.3 is 7.12 Å². The predicted octanol–water partition coefficient (Wildman–Crippen LogP) is 2.62. The molecule has 5 heteroatoms. The molecule has 0 unspecified atom stereocenters. The second-order valence-electron chi connectivity index (χ2n) is 6.21. The molecule has 1 aromatic rings. The number of hydrogen-bond donors (Lipinski definition) is 0. The predicted molar refractivity (Wildman–Crippen MR) is 90.6 cm³/mol. The molecule has 0 aromatic carbocycles. The summed E-state index contributed by atoms with van der Waals surface area (Å²) in [6.45, 7) is -3.44. The van der Waals surface area contributed by atoms with Crippen molar-refractivity contribution in [3.05, 3.63) is 18.3 Å². The van der Waals surface area contributed by atoms with E-state index in [2.05, 4.69) is 4.98 Å². The van der Waals surface area contributed by atoms with Gasteiger partial charge in [-0.15, -0.1) is 0 Å². The second kappa shape index (κ2) is 5.53. The summed E-state index contributed by atoms with van der Waals surface area (Å²) in [4.78, 5) is 4.35. The number of rotatable bonds is 2. The highest BCUT2D eigenvalue weighted by atomic mass is 16.7. The maximum atomic E-state index is 8.46. The van der Waals surface area contributed by atoms with Crippen LogP contribution in [0.2, 0.25) is 0 Å². The zero-order chi connectivity index (χ0) is 26.6. The molecule has 0 spiro atoms. The highest BCUT2D eigenvalue weighted by molar-refractivity contribution is 6.61. The van der Waals surface area contributed by atoms with Crippen molar-refractivity contribution in [3.8, 4) is 0 Å². The normalized spacial score (nSPS) is 44.0. The van der Waals surface area contributed by atoms with Gasteiger partial charge in [0.25, 0.3) is 0 Å². The molecule has 0 saturated carbocycles. The first-order valence-corrected chi connectivity index (χ1v) is 7.02. The molecule has 0 atom stereocenters. The topological polar surface area (TPSA) is 34.6 Å². The van der Waals surface area contributed by atoms with Gasteiger partial charge in [0.05, 0.1) is 16.8 Å². The van der Waals surface area contributed by atoms with Crippen LogP contribution in [-0.4, -0.2) is 36.3 Å². The summed E-state index contributed by atoms with van der Waals surface area (Å²) >= 11 is 0. The van der Waals surface area contributed by atoms with Gasteiger partial charge in [0.15, 0.2) is 0 Å². The van der Waals surface area contributed by atoms with Gasteiger partial charge in [-0.05, 0) is 58.5 Å². The largest absolute Gasteiger partial charge is 0.514 e. The van der Waals surface area contributed by atoms with Crippen LogP contribution in [0.1, 0.15) is 63.7 Å². The molecule has 2 aliphatic rings. The lowest BCUT2D eigenvalue weighted by Gasteiger charge is -2.32. The molecule has 0 aliphatic carbocycles. The Balaban J connectivity index is 2.19. The minimum Gasteiger partial charge on any atom is -0.398 e. The van der Waals surface area contributed by atoms with Crippen LogP contribution in [0.15, 0.2) is 18.3 Å².